The van der Waals surface area contributed by atoms with Crippen LogP contribution in [0.3, 0.4) is 0 Å². The fraction of sp³-hybridized carbons (Fsp3) is 0.750. The summed E-state index contributed by atoms with van der Waals surface area (Å²) < 4.78 is 32.0. The van der Waals surface area contributed by atoms with Crippen molar-refractivity contribution >= 4 is 16.0 Å². The molecule has 0 fully saturated rings. The van der Waals surface area contributed by atoms with Crippen molar-refractivity contribution in [3.05, 3.63) is 36.5 Å². The van der Waals surface area contributed by atoms with E-state index in [1.54, 1.807) is 6.08 Å². The number of allylic oxidation sites excluding steroid dienone is 5. The number of carbonyl (C=O) groups excluding carboxylic acids is 1. The van der Waals surface area contributed by atoms with Crippen LogP contribution >= 0.6 is 0 Å². The number of nitrogens with one attached hydrogen (secondary N) is 1. The number of aliphatic hydroxyl groups excluding tert-OH is 1. The van der Waals surface area contributed by atoms with Gasteiger partial charge in [0.2, 0.25) is 5.91 Å². The number of carbonyl (C=O) groups is 1. The van der Waals surface area contributed by atoms with Crippen molar-refractivity contribution in [3.63, 3.8) is 0 Å². The van der Waals surface area contributed by atoms with E-state index in [1.165, 1.54) is 51.0 Å². The second-order valence-corrected chi connectivity index (χ2v) is 10.8. The summed E-state index contributed by atoms with van der Waals surface area (Å²) >= 11 is 0. The molecule has 3 N–H and O–H groups in total. The van der Waals surface area contributed by atoms with Gasteiger partial charge >= 0.3 is 0 Å². The molecule has 0 aromatic heterocycles. The predicted molar refractivity (Wildman–Crippen MR) is 147 cm³/mol. The second-order valence-electron chi connectivity index (χ2n) is 9.31. The first kappa shape index (κ1) is 33.6. The zero-order valence-corrected chi connectivity index (χ0v) is 23.0. The largest absolute Gasteiger partial charge is 0.387 e. The molecule has 1 amide bonds. The maximum absolute atomic E-state index is 12.3. The number of amides is 1. The van der Waals surface area contributed by atoms with Gasteiger partial charge in [-0.25, -0.2) is 0 Å². The summed E-state index contributed by atoms with van der Waals surface area (Å²) in [7, 11) is -4.34. The molecule has 0 aliphatic rings. The van der Waals surface area contributed by atoms with Crippen LogP contribution in [0.4, 0.5) is 0 Å². The summed E-state index contributed by atoms with van der Waals surface area (Å²) in [5.41, 5.74) is 0. The predicted octanol–water partition coefficient (Wildman–Crippen LogP) is 6.67. The molecule has 0 aliphatic carbocycles. The Morgan fingerprint density at radius 1 is 0.743 bits per heavy atom. The van der Waals surface area contributed by atoms with Gasteiger partial charge in [0.25, 0.3) is 10.1 Å². The normalized spacial score (nSPS) is 14.3. The van der Waals surface area contributed by atoms with Crippen LogP contribution in [0.2, 0.25) is 0 Å². The Labute approximate surface area is 215 Å². The van der Waals surface area contributed by atoms with E-state index in [4.69, 9.17) is 0 Å². The van der Waals surface area contributed by atoms with E-state index >= 15 is 0 Å². The fourth-order valence-electron chi connectivity index (χ4n) is 3.72. The number of hydrogen-bond acceptors (Lipinski definition) is 4. The van der Waals surface area contributed by atoms with Gasteiger partial charge in [-0.2, -0.15) is 8.42 Å². The topological polar surface area (TPSA) is 104 Å². The van der Waals surface area contributed by atoms with Gasteiger partial charge in [0.1, 0.15) is 0 Å². The lowest BCUT2D eigenvalue weighted by molar-refractivity contribution is -0.122. The van der Waals surface area contributed by atoms with Crippen molar-refractivity contribution in [2.24, 2.45) is 0 Å². The van der Waals surface area contributed by atoms with Crippen molar-refractivity contribution in [1.29, 1.82) is 0 Å². The molecule has 0 aromatic rings. The van der Waals surface area contributed by atoms with E-state index in [2.05, 4.69) is 43.5 Å². The van der Waals surface area contributed by atoms with E-state index in [1.807, 2.05) is 0 Å². The zero-order valence-electron chi connectivity index (χ0n) is 22.2. The van der Waals surface area contributed by atoms with Crippen LogP contribution in [0.1, 0.15) is 117 Å². The second kappa shape index (κ2) is 23.0. The third kappa shape index (κ3) is 24.0. The van der Waals surface area contributed by atoms with E-state index in [0.717, 1.165) is 44.9 Å². The Morgan fingerprint density at radius 3 is 1.74 bits per heavy atom. The highest BCUT2D eigenvalue weighted by atomic mass is 32.2. The molecule has 7 heteroatoms. The third-order valence-corrected chi connectivity index (χ3v) is 6.56. The standard InChI is InChI=1S/C28H51NO5S/c1-3-5-7-9-11-13-14-16-17-19-21-23-27(30)26(25-35(32,33)34)29-28(31)24-22-20-18-15-12-10-8-6-4-2/h7,9,14,16,21,23,26-27,30H,3-6,8,10-13,15,17-20,22,24-25H2,1-2H3,(H,29,31)(H,32,33,34)/b9-7+,16-14+,23-21+. The summed E-state index contributed by atoms with van der Waals surface area (Å²) in [5.74, 6) is -1.02. The maximum atomic E-state index is 12.3. The lowest BCUT2D eigenvalue weighted by Gasteiger charge is -2.21. The van der Waals surface area contributed by atoms with E-state index in [9.17, 15) is 22.9 Å². The van der Waals surface area contributed by atoms with E-state index in [0.29, 0.717) is 6.42 Å². The quantitative estimate of drug-likeness (QED) is 0.0804. The van der Waals surface area contributed by atoms with Gasteiger partial charge in [-0.05, 0) is 38.5 Å². The maximum Gasteiger partial charge on any atom is 0.267 e. The molecular weight excluding hydrogens is 462 g/mol. The molecule has 0 rings (SSSR count). The highest BCUT2D eigenvalue weighted by molar-refractivity contribution is 7.85. The van der Waals surface area contributed by atoms with Crippen LogP contribution in [-0.4, -0.2) is 41.9 Å². The van der Waals surface area contributed by atoms with Crippen LogP contribution in [0.15, 0.2) is 36.5 Å². The number of unbranched alkanes of at least 4 members (excludes halogenated alkanes) is 11. The summed E-state index contributed by atoms with van der Waals surface area (Å²) in [5, 5.41) is 13.0. The molecule has 0 aliphatic heterocycles. The minimum atomic E-state index is -4.34. The Bertz CT molecular complexity index is 700. The molecule has 0 aromatic carbocycles. The number of aliphatic hydroxyl groups is 1. The fourth-order valence-corrected chi connectivity index (χ4v) is 4.45. The average Bonchev–Trinajstić information content (AvgIpc) is 2.80. The van der Waals surface area contributed by atoms with Gasteiger partial charge in [0.05, 0.1) is 17.9 Å². The van der Waals surface area contributed by atoms with Crippen molar-refractivity contribution in [3.8, 4) is 0 Å². The third-order valence-electron chi connectivity index (χ3n) is 5.78. The SMILES string of the molecule is CCC/C=C/CC/C=C/CC/C=C/C(O)C(CS(=O)(=O)O)NC(=O)CCCCCCCCCCC. The molecule has 0 saturated heterocycles. The van der Waals surface area contributed by atoms with Gasteiger partial charge in [0, 0.05) is 6.42 Å². The molecule has 0 saturated carbocycles. The molecule has 35 heavy (non-hydrogen) atoms. The first-order valence-corrected chi connectivity index (χ1v) is 15.3. The van der Waals surface area contributed by atoms with Crippen LogP contribution in [0.25, 0.3) is 0 Å². The molecule has 0 spiro atoms. The highest BCUT2D eigenvalue weighted by Crippen LogP contribution is 2.11. The van der Waals surface area contributed by atoms with Crippen LogP contribution in [-0.2, 0) is 14.9 Å². The van der Waals surface area contributed by atoms with Crippen molar-refractivity contribution in [2.75, 3.05) is 5.75 Å². The first-order chi connectivity index (χ1) is 16.8. The van der Waals surface area contributed by atoms with Crippen LogP contribution in [0.5, 0.6) is 0 Å². The van der Waals surface area contributed by atoms with Gasteiger partial charge in [-0.3, -0.25) is 9.35 Å². The van der Waals surface area contributed by atoms with Gasteiger partial charge in [-0.15, -0.1) is 0 Å². The first-order valence-electron chi connectivity index (χ1n) is 13.7. The van der Waals surface area contributed by atoms with Crippen LogP contribution in [0, 0.1) is 0 Å². The number of rotatable bonds is 23. The molecule has 2 unspecified atom stereocenters. The van der Waals surface area contributed by atoms with Crippen molar-refractivity contribution in [2.45, 2.75) is 129 Å². The van der Waals surface area contributed by atoms with Crippen LogP contribution < -0.4 is 5.32 Å². The smallest absolute Gasteiger partial charge is 0.267 e. The Balaban J connectivity index is 4.28. The summed E-state index contributed by atoms with van der Waals surface area (Å²) in [6.45, 7) is 4.36. The van der Waals surface area contributed by atoms with E-state index in [-0.39, 0.29) is 12.3 Å². The molecule has 0 bridgehead atoms. The minimum absolute atomic E-state index is 0.284. The highest BCUT2D eigenvalue weighted by Gasteiger charge is 2.24. The lowest BCUT2D eigenvalue weighted by atomic mass is 10.1. The van der Waals surface area contributed by atoms with Gasteiger partial charge in [-0.1, -0.05) is 108 Å². The molecule has 0 radical (unpaired) electrons. The zero-order chi connectivity index (χ0) is 26.2. The van der Waals surface area contributed by atoms with E-state index < -0.39 is 28.0 Å². The Kier molecular flexibility index (Phi) is 22.0. The molecule has 2 atom stereocenters. The molecule has 204 valence electrons. The van der Waals surface area contributed by atoms with Crippen molar-refractivity contribution < 1.29 is 22.9 Å². The van der Waals surface area contributed by atoms with Gasteiger partial charge in [0.15, 0.2) is 0 Å². The summed E-state index contributed by atoms with van der Waals surface area (Å²) in [4.78, 5) is 12.3. The lowest BCUT2D eigenvalue weighted by Crippen LogP contribution is -2.46. The molecule has 6 nitrogen and oxygen atoms in total. The summed E-state index contributed by atoms with van der Waals surface area (Å²) in [6, 6.07) is -1.07. The summed E-state index contributed by atoms with van der Waals surface area (Å²) in [6.07, 6.45) is 27.1. The molecule has 0 heterocycles. The monoisotopic (exact) mass is 513 g/mol. The number of hydrogen-bond donors (Lipinski definition) is 3. The Hall–Kier alpha value is -1.44. The molecular formula is C28H51NO5S. The van der Waals surface area contributed by atoms with Gasteiger partial charge < -0.3 is 10.4 Å². The average molecular weight is 514 g/mol. The minimum Gasteiger partial charge on any atom is -0.387 e. The Morgan fingerprint density at radius 2 is 1.23 bits per heavy atom. The van der Waals surface area contributed by atoms with Crippen molar-refractivity contribution in [1.82, 2.24) is 5.32 Å².